The minimum atomic E-state index is -4.03. The van der Waals surface area contributed by atoms with Crippen molar-refractivity contribution >= 4 is 0 Å². The van der Waals surface area contributed by atoms with E-state index in [0.717, 1.165) is 19.4 Å². The Hall–Kier alpha value is -0.290. The van der Waals surface area contributed by atoms with E-state index in [9.17, 15) is 13.2 Å². The lowest BCUT2D eigenvalue weighted by Crippen LogP contribution is -2.57. The van der Waals surface area contributed by atoms with Crippen molar-refractivity contribution in [1.29, 1.82) is 0 Å². The van der Waals surface area contributed by atoms with Crippen molar-refractivity contribution in [3.05, 3.63) is 0 Å². The molecule has 2 N–H and O–H groups in total. The molecular weight excluding hydrogens is 241 g/mol. The second-order valence-electron chi connectivity index (χ2n) is 5.93. The molecule has 1 heterocycles. The SMILES string of the molecule is CC1CCCN1C1(CN)CCC(C(F)(F)F)CC1. The van der Waals surface area contributed by atoms with Crippen LogP contribution >= 0.6 is 0 Å². The van der Waals surface area contributed by atoms with Crippen LogP contribution in [0.15, 0.2) is 0 Å². The van der Waals surface area contributed by atoms with Crippen molar-refractivity contribution < 1.29 is 13.2 Å². The third-order valence-corrected chi connectivity index (χ3v) is 4.92. The van der Waals surface area contributed by atoms with E-state index in [2.05, 4.69) is 11.8 Å². The molecule has 1 atom stereocenters. The van der Waals surface area contributed by atoms with Crippen molar-refractivity contribution in [1.82, 2.24) is 4.90 Å². The van der Waals surface area contributed by atoms with Gasteiger partial charge in [-0.3, -0.25) is 4.90 Å². The summed E-state index contributed by atoms with van der Waals surface area (Å²) in [5.41, 5.74) is 5.74. The summed E-state index contributed by atoms with van der Waals surface area (Å²) in [6.45, 7) is 3.65. The maximum atomic E-state index is 12.7. The standard InChI is InChI=1S/C13H23F3N2/c1-10-3-2-8-18(10)12(9-17)6-4-11(5-7-12)13(14,15)16/h10-11H,2-9,17H2,1H3. The predicted octanol–water partition coefficient (Wildman–Crippen LogP) is 2.92. The zero-order valence-electron chi connectivity index (χ0n) is 11.0. The predicted molar refractivity (Wildman–Crippen MR) is 65.2 cm³/mol. The van der Waals surface area contributed by atoms with Gasteiger partial charge in [0.05, 0.1) is 5.92 Å². The number of rotatable bonds is 2. The molecule has 0 spiro atoms. The summed E-state index contributed by atoms with van der Waals surface area (Å²) >= 11 is 0. The first-order valence-electron chi connectivity index (χ1n) is 6.92. The summed E-state index contributed by atoms with van der Waals surface area (Å²) in [7, 11) is 0. The van der Waals surface area contributed by atoms with Gasteiger partial charge in [0.25, 0.3) is 0 Å². The fraction of sp³-hybridized carbons (Fsp3) is 1.00. The first-order valence-corrected chi connectivity index (χ1v) is 6.92. The van der Waals surface area contributed by atoms with Gasteiger partial charge in [-0.1, -0.05) is 0 Å². The summed E-state index contributed by atoms with van der Waals surface area (Å²) in [6.07, 6.45) is -0.0721. The lowest BCUT2D eigenvalue weighted by molar-refractivity contribution is -0.188. The molecular formula is C13H23F3N2. The number of nitrogens with two attached hydrogens (primary N) is 1. The monoisotopic (exact) mass is 264 g/mol. The molecule has 5 heteroatoms. The normalized spacial score (nSPS) is 39.2. The molecule has 0 amide bonds. The highest BCUT2D eigenvalue weighted by molar-refractivity contribution is 5.00. The van der Waals surface area contributed by atoms with Crippen LogP contribution in [-0.2, 0) is 0 Å². The highest BCUT2D eigenvalue weighted by Crippen LogP contribution is 2.44. The smallest absolute Gasteiger partial charge is 0.329 e. The number of hydrogen-bond donors (Lipinski definition) is 1. The molecule has 18 heavy (non-hydrogen) atoms. The van der Waals surface area contributed by atoms with E-state index in [0.29, 0.717) is 25.4 Å². The quantitative estimate of drug-likeness (QED) is 0.831. The highest BCUT2D eigenvalue weighted by atomic mass is 19.4. The van der Waals surface area contributed by atoms with E-state index >= 15 is 0 Å². The average Bonchev–Trinajstić information content (AvgIpc) is 2.75. The van der Waals surface area contributed by atoms with Gasteiger partial charge in [0.1, 0.15) is 0 Å². The molecule has 1 aliphatic heterocycles. The lowest BCUT2D eigenvalue weighted by Gasteiger charge is -2.48. The summed E-state index contributed by atoms with van der Waals surface area (Å²) in [6, 6.07) is 0.469. The largest absolute Gasteiger partial charge is 0.391 e. The van der Waals surface area contributed by atoms with Gasteiger partial charge >= 0.3 is 6.18 Å². The second-order valence-corrected chi connectivity index (χ2v) is 5.93. The number of halogens is 3. The van der Waals surface area contributed by atoms with Gasteiger partial charge in [-0.25, -0.2) is 0 Å². The van der Waals surface area contributed by atoms with Crippen LogP contribution in [0.1, 0.15) is 45.4 Å². The van der Waals surface area contributed by atoms with Crippen molar-refractivity contribution in [2.75, 3.05) is 13.1 Å². The summed E-state index contributed by atoms with van der Waals surface area (Å²) in [5.74, 6) is -1.12. The van der Waals surface area contributed by atoms with E-state index in [1.165, 1.54) is 0 Å². The van der Waals surface area contributed by atoms with Crippen molar-refractivity contribution in [3.8, 4) is 0 Å². The maximum Gasteiger partial charge on any atom is 0.391 e. The summed E-state index contributed by atoms with van der Waals surface area (Å²) < 4.78 is 38.1. The average molecular weight is 264 g/mol. The molecule has 1 unspecified atom stereocenters. The molecule has 1 saturated heterocycles. The van der Waals surface area contributed by atoms with E-state index < -0.39 is 12.1 Å². The van der Waals surface area contributed by atoms with Crippen LogP contribution in [0, 0.1) is 5.92 Å². The number of likely N-dealkylation sites (tertiary alicyclic amines) is 1. The molecule has 2 aliphatic rings. The zero-order chi connectivity index (χ0) is 13.4. The van der Waals surface area contributed by atoms with Gasteiger partial charge in [-0.15, -0.1) is 0 Å². The Kier molecular flexibility index (Phi) is 3.93. The van der Waals surface area contributed by atoms with E-state index in [4.69, 9.17) is 5.73 Å². The Bertz CT molecular complexity index is 282. The molecule has 0 bridgehead atoms. The lowest BCUT2D eigenvalue weighted by atomic mass is 9.75. The van der Waals surface area contributed by atoms with Crippen molar-refractivity contribution in [2.24, 2.45) is 11.7 Å². The molecule has 0 aromatic heterocycles. The number of hydrogen-bond acceptors (Lipinski definition) is 2. The van der Waals surface area contributed by atoms with Gasteiger partial charge in [-0.05, 0) is 52.0 Å². The Balaban J connectivity index is 2.04. The fourth-order valence-corrected chi connectivity index (χ4v) is 3.73. The van der Waals surface area contributed by atoms with Gasteiger partial charge in [0, 0.05) is 18.1 Å². The molecule has 0 aromatic carbocycles. The Morgan fingerprint density at radius 2 is 1.83 bits per heavy atom. The van der Waals surface area contributed by atoms with Crippen molar-refractivity contribution in [2.45, 2.75) is 63.2 Å². The molecule has 2 fully saturated rings. The third kappa shape index (κ3) is 2.52. The molecule has 106 valence electrons. The van der Waals surface area contributed by atoms with Crippen LogP contribution in [-0.4, -0.2) is 35.7 Å². The Labute approximate surface area is 107 Å². The molecule has 0 radical (unpaired) electrons. The fourth-order valence-electron chi connectivity index (χ4n) is 3.73. The summed E-state index contributed by atoms with van der Waals surface area (Å²) in [4.78, 5) is 2.37. The minimum Gasteiger partial charge on any atom is -0.329 e. The van der Waals surface area contributed by atoms with E-state index in [1.807, 2.05) is 0 Å². The van der Waals surface area contributed by atoms with Crippen LogP contribution < -0.4 is 5.73 Å². The highest BCUT2D eigenvalue weighted by Gasteiger charge is 2.48. The van der Waals surface area contributed by atoms with E-state index in [1.54, 1.807) is 0 Å². The van der Waals surface area contributed by atoms with E-state index in [-0.39, 0.29) is 18.4 Å². The first kappa shape index (κ1) is 14.1. The van der Waals surface area contributed by atoms with Gasteiger partial charge in [-0.2, -0.15) is 13.2 Å². The number of alkyl halides is 3. The number of nitrogens with zero attached hydrogens (tertiary/aromatic N) is 1. The molecule has 2 nitrogen and oxygen atoms in total. The van der Waals surface area contributed by atoms with Crippen LogP contribution in [0.2, 0.25) is 0 Å². The maximum absolute atomic E-state index is 12.7. The van der Waals surface area contributed by atoms with Crippen LogP contribution in [0.25, 0.3) is 0 Å². The van der Waals surface area contributed by atoms with Crippen LogP contribution in [0.3, 0.4) is 0 Å². The second kappa shape index (κ2) is 5.00. The minimum absolute atomic E-state index is 0.169. The molecule has 1 aliphatic carbocycles. The third-order valence-electron chi connectivity index (χ3n) is 4.92. The van der Waals surface area contributed by atoms with Gasteiger partial charge in [0.2, 0.25) is 0 Å². The molecule has 1 saturated carbocycles. The Morgan fingerprint density at radius 1 is 1.22 bits per heavy atom. The van der Waals surface area contributed by atoms with Crippen LogP contribution in [0.5, 0.6) is 0 Å². The summed E-state index contributed by atoms with van der Waals surface area (Å²) in [5, 5.41) is 0. The first-order chi connectivity index (χ1) is 8.39. The molecule has 2 rings (SSSR count). The van der Waals surface area contributed by atoms with Crippen LogP contribution in [0.4, 0.5) is 13.2 Å². The van der Waals surface area contributed by atoms with Gasteiger partial charge in [0.15, 0.2) is 0 Å². The Morgan fingerprint density at radius 3 is 2.22 bits per heavy atom. The zero-order valence-corrected chi connectivity index (χ0v) is 11.0. The topological polar surface area (TPSA) is 29.3 Å². The molecule has 0 aromatic rings. The van der Waals surface area contributed by atoms with Gasteiger partial charge < -0.3 is 5.73 Å². The van der Waals surface area contributed by atoms with Crippen molar-refractivity contribution in [3.63, 3.8) is 0 Å².